The molecule has 4 nitrogen and oxygen atoms in total. The van der Waals surface area contributed by atoms with Crippen molar-refractivity contribution >= 4 is 0 Å². The van der Waals surface area contributed by atoms with E-state index >= 15 is 0 Å². The molecule has 2 rings (SSSR count). The van der Waals surface area contributed by atoms with Gasteiger partial charge in [-0.3, -0.25) is 4.90 Å². The number of morpholine rings is 1. The van der Waals surface area contributed by atoms with E-state index in [0.717, 1.165) is 38.4 Å². The molecule has 110 valence electrons. The second-order valence-corrected chi connectivity index (χ2v) is 5.10. The first kappa shape index (κ1) is 15.0. The van der Waals surface area contributed by atoms with E-state index in [2.05, 4.69) is 23.6 Å². The van der Waals surface area contributed by atoms with Crippen molar-refractivity contribution in [1.82, 2.24) is 4.90 Å². The maximum Gasteiger partial charge on any atom is 0.122 e. The molecule has 0 unspecified atom stereocenters. The second-order valence-electron chi connectivity index (χ2n) is 5.10. The lowest BCUT2D eigenvalue weighted by atomic mass is 10.1. The lowest BCUT2D eigenvalue weighted by Crippen LogP contribution is -2.45. The van der Waals surface area contributed by atoms with Crippen molar-refractivity contribution in [3.8, 4) is 5.75 Å². The van der Waals surface area contributed by atoms with Crippen LogP contribution in [-0.2, 0) is 17.7 Å². The van der Waals surface area contributed by atoms with Crippen molar-refractivity contribution in [2.24, 2.45) is 5.73 Å². The first-order valence-electron chi connectivity index (χ1n) is 7.07. The highest BCUT2D eigenvalue weighted by Crippen LogP contribution is 2.22. The minimum absolute atomic E-state index is 0.162. The van der Waals surface area contributed by atoms with E-state index in [1.54, 1.807) is 7.11 Å². The smallest absolute Gasteiger partial charge is 0.122 e. The highest BCUT2D eigenvalue weighted by molar-refractivity contribution is 5.38. The Bertz CT molecular complexity index is 448. The van der Waals surface area contributed by atoms with E-state index in [1.807, 2.05) is 12.1 Å². The van der Waals surface area contributed by atoms with Gasteiger partial charge in [-0.25, -0.2) is 0 Å². The fraction of sp³-hybridized carbons (Fsp3) is 0.500. The Kier molecular flexibility index (Phi) is 5.59. The van der Waals surface area contributed by atoms with Crippen molar-refractivity contribution in [1.29, 1.82) is 0 Å². The summed E-state index contributed by atoms with van der Waals surface area (Å²) in [6.07, 6.45) is 2.89. The molecule has 1 aromatic rings. The first-order valence-corrected chi connectivity index (χ1v) is 7.07. The van der Waals surface area contributed by atoms with E-state index in [1.165, 1.54) is 11.1 Å². The largest absolute Gasteiger partial charge is 0.496 e. The average Bonchev–Trinajstić information content (AvgIpc) is 2.48. The standard InChI is InChI=1S/C16H24N2O2/c1-3-4-14-9-13(5-6-16(14)19-2)11-18-7-8-20-15(10-17)12-18/h3,5-6,9,15H,1,4,7-8,10-12,17H2,2H3/t15-/m1/s1. The van der Waals surface area contributed by atoms with Crippen LogP contribution in [0.1, 0.15) is 11.1 Å². The van der Waals surface area contributed by atoms with Crippen LogP contribution in [0.2, 0.25) is 0 Å². The first-order chi connectivity index (χ1) is 9.76. The summed E-state index contributed by atoms with van der Waals surface area (Å²) in [4.78, 5) is 2.39. The lowest BCUT2D eigenvalue weighted by molar-refractivity contribution is -0.0260. The molecule has 0 spiro atoms. The molecule has 4 heteroatoms. The summed E-state index contributed by atoms with van der Waals surface area (Å²) < 4.78 is 11.0. The minimum Gasteiger partial charge on any atom is -0.496 e. The molecule has 0 saturated carbocycles. The Hall–Kier alpha value is -1.36. The van der Waals surface area contributed by atoms with Gasteiger partial charge in [0.1, 0.15) is 5.75 Å². The Labute approximate surface area is 121 Å². The number of ether oxygens (including phenoxy) is 2. The van der Waals surface area contributed by atoms with Crippen LogP contribution in [0.5, 0.6) is 5.75 Å². The van der Waals surface area contributed by atoms with Gasteiger partial charge in [0.05, 0.1) is 19.8 Å². The van der Waals surface area contributed by atoms with Crippen LogP contribution in [-0.4, -0.2) is 44.4 Å². The fourth-order valence-corrected chi connectivity index (χ4v) is 2.57. The van der Waals surface area contributed by atoms with Crippen LogP contribution < -0.4 is 10.5 Å². The van der Waals surface area contributed by atoms with Crippen molar-refractivity contribution in [3.63, 3.8) is 0 Å². The molecule has 1 aromatic carbocycles. The minimum atomic E-state index is 0.162. The highest BCUT2D eigenvalue weighted by atomic mass is 16.5. The molecule has 0 amide bonds. The monoisotopic (exact) mass is 276 g/mol. The number of nitrogens with zero attached hydrogens (tertiary/aromatic N) is 1. The second kappa shape index (κ2) is 7.43. The Morgan fingerprint density at radius 1 is 1.55 bits per heavy atom. The Morgan fingerprint density at radius 2 is 2.40 bits per heavy atom. The predicted octanol–water partition coefficient (Wildman–Crippen LogP) is 1.58. The molecule has 1 heterocycles. The average molecular weight is 276 g/mol. The molecule has 1 atom stereocenters. The number of rotatable bonds is 6. The molecule has 1 fully saturated rings. The summed E-state index contributed by atoms with van der Waals surface area (Å²) in [7, 11) is 1.70. The zero-order chi connectivity index (χ0) is 14.4. The summed E-state index contributed by atoms with van der Waals surface area (Å²) in [6.45, 7) is 7.93. The maximum atomic E-state index is 5.68. The summed E-state index contributed by atoms with van der Waals surface area (Å²) >= 11 is 0. The van der Waals surface area contributed by atoms with Gasteiger partial charge in [-0.2, -0.15) is 0 Å². The normalized spacial score (nSPS) is 19.8. The molecule has 20 heavy (non-hydrogen) atoms. The molecule has 0 aliphatic carbocycles. The number of methoxy groups -OCH3 is 1. The number of allylic oxidation sites excluding steroid dienone is 1. The van der Waals surface area contributed by atoms with E-state index in [0.29, 0.717) is 6.54 Å². The molecular formula is C16H24N2O2. The predicted molar refractivity (Wildman–Crippen MR) is 81.0 cm³/mol. The third kappa shape index (κ3) is 3.82. The van der Waals surface area contributed by atoms with Gasteiger partial charge in [0, 0.05) is 26.2 Å². The molecule has 0 aromatic heterocycles. The Balaban J connectivity index is 2.05. The van der Waals surface area contributed by atoms with Crippen LogP contribution in [0.25, 0.3) is 0 Å². The van der Waals surface area contributed by atoms with Crippen LogP contribution in [0.15, 0.2) is 30.9 Å². The maximum absolute atomic E-state index is 5.68. The van der Waals surface area contributed by atoms with E-state index in [4.69, 9.17) is 15.2 Å². The third-order valence-corrected chi connectivity index (χ3v) is 3.60. The van der Waals surface area contributed by atoms with E-state index in [9.17, 15) is 0 Å². The van der Waals surface area contributed by atoms with E-state index in [-0.39, 0.29) is 6.10 Å². The van der Waals surface area contributed by atoms with Gasteiger partial charge in [-0.15, -0.1) is 6.58 Å². The van der Waals surface area contributed by atoms with Gasteiger partial charge in [0.2, 0.25) is 0 Å². The van der Waals surface area contributed by atoms with Crippen molar-refractivity contribution in [2.45, 2.75) is 19.1 Å². The van der Waals surface area contributed by atoms with Crippen molar-refractivity contribution in [3.05, 3.63) is 42.0 Å². The zero-order valence-corrected chi connectivity index (χ0v) is 12.2. The third-order valence-electron chi connectivity index (χ3n) is 3.60. The summed E-state index contributed by atoms with van der Waals surface area (Å²) in [5.74, 6) is 0.926. The number of hydrogen-bond donors (Lipinski definition) is 1. The molecular weight excluding hydrogens is 252 g/mol. The van der Waals surface area contributed by atoms with Gasteiger partial charge in [-0.05, 0) is 23.6 Å². The fourth-order valence-electron chi connectivity index (χ4n) is 2.57. The summed E-state index contributed by atoms with van der Waals surface area (Å²) in [5.41, 5.74) is 8.16. The van der Waals surface area contributed by atoms with Crippen LogP contribution in [0.4, 0.5) is 0 Å². The molecule has 1 aliphatic rings. The van der Waals surface area contributed by atoms with Crippen LogP contribution in [0, 0.1) is 0 Å². The highest BCUT2D eigenvalue weighted by Gasteiger charge is 2.19. The lowest BCUT2D eigenvalue weighted by Gasteiger charge is -2.32. The van der Waals surface area contributed by atoms with Crippen LogP contribution in [0.3, 0.4) is 0 Å². The van der Waals surface area contributed by atoms with E-state index < -0.39 is 0 Å². The van der Waals surface area contributed by atoms with Gasteiger partial charge in [0.25, 0.3) is 0 Å². The van der Waals surface area contributed by atoms with Gasteiger partial charge in [0.15, 0.2) is 0 Å². The van der Waals surface area contributed by atoms with Crippen molar-refractivity contribution in [2.75, 3.05) is 33.4 Å². The zero-order valence-electron chi connectivity index (χ0n) is 12.2. The molecule has 1 aliphatic heterocycles. The number of nitrogens with two attached hydrogens (primary N) is 1. The van der Waals surface area contributed by atoms with Gasteiger partial charge >= 0.3 is 0 Å². The Morgan fingerprint density at radius 3 is 3.10 bits per heavy atom. The topological polar surface area (TPSA) is 47.7 Å². The number of benzene rings is 1. The molecule has 0 radical (unpaired) electrons. The SMILES string of the molecule is C=CCc1cc(CN2CCO[C@H](CN)C2)ccc1OC. The quantitative estimate of drug-likeness (QED) is 0.802. The number of hydrogen-bond acceptors (Lipinski definition) is 4. The van der Waals surface area contributed by atoms with Crippen LogP contribution >= 0.6 is 0 Å². The molecule has 0 bridgehead atoms. The summed E-state index contributed by atoms with van der Waals surface area (Å²) in [6, 6.07) is 6.36. The van der Waals surface area contributed by atoms with Crippen molar-refractivity contribution < 1.29 is 9.47 Å². The molecule has 2 N–H and O–H groups in total. The van der Waals surface area contributed by atoms with Gasteiger partial charge in [-0.1, -0.05) is 18.2 Å². The molecule has 1 saturated heterocycles. The summed E-state index contributed by atoms with van der Waals surface area (Å²) in [5, 5.41) is 0. The van der Waals surface area contributed by atoms with Gasteiger partial charge < -0.3 is 15.2 Å².